The first-order valence-corrected chi connectivity index (χ1v) is 11.8. The molecule has 10 heteroatoms. The van der Waals surface area contributed by atoms with Gasteiger partial charge >= 0.3 is 0 Å². The van der Waals surface area contributed by atoms with Crippen molar-refractivity contribution in [3.05, 3.63) is 48.7 Å². The van der Waals surface area contributed by atoms with E-state index in [4.69, 9.17) is 11.0 Å². The van der Waals surface area contributed by atoms with Crippen LogP contribution in [0.5, 0.6) is 0 Å². The smallest absolute Gasteiger partial charge is 0.227 e. The molecule has 3 aromatic rings. The highest BCUT2D eigenvalue weighted by atomic mass is 32.2. The van der Waals surface area contributed by atoms with E-state index in [0.717, 1.165) is 22.0 Å². The van der Waals surface area contributed by atoms with Gasteiger partial charge in [0.05, 0.1) is 34.1 Å². The van der Waals surface area contributed by atoms with Gasteiger partial charge in [-0.3, -0.25) is 14.3 Å². The van der Waals surface area contributed by atoms with Crippen LogP contribution < -0.4 is 11.1 Å². The Morgan fingerprint density at radius 3 is 2.42 bits per heavy atom. The molecule has 0 fully saturated rings. The Kier molecular flexibility index (Phi) is 6.56. The monoisotopic (exact) mass is 467 g/mol. The van der Waals surface area contributed by atoms with Crippen LogP contribution in [-0.2, 0) is 26.5 Å². The van der Waals surface area contributed by atoms with Gasteiger partial charge in [0, 0.05) is 18.6 Å². The summed E-state index contributed by atoms with van der Waals surface area (Å²) in [5, 5.41) is 16.8. The summed E-state index contributed by atoms with van der Waals surface area (Å²) in [6, 6.07) is 12.9. The summed E-state index contributed by atoms with van der Waals surface area (Å²) in [7, 11) is -1.96. The number of fused-ring (bicyclic) bond motifs is 1. The molecule has 0 aliphatic rings. The van der Waals surface area contributed by atoms with Gasteiger partial charge in [0.1, 0.15) is 6.04 Å². The van der Waals surface area contributed by atoms with Crippen LogP contribution in [-0.4, -0.2) is 41.8 Å². The van der Waals surface area contributed by atoms with Crippen LogP contribution in [0.3, 0.4) is 0 Å². The summed E-state index contributed by atoms with van der Waals surface area (Å²) in [4.78, 5) is 23.7. The first-order chi connectivity index (χ1) is 15.4. The molecule has 3 N–H and O–H groups in total. The van der Waals surface area contributed by atoms with Gasteiger partial charge in [-0.1, -0.05) is 32.0 Å². The molecule has 0 unspecified atom stereocenters. The molecule has 3 rings (SSSR count). The molecule has 0 saturated carbocycles. The number of carbonyl (C=O) groups is 2. The third kappa shape index (κ3) is 5.56. The van der Waals surface area contributed by atoms with Crippen molar-refractivity contribution in [1.82, 2.24) is 15.1 Å². The SMILES string of the molecule is Cn1cc2cc(-c3ccc(S(=O)(=O)CC(C)(C)C(=O)N[C@H](C#N)CC(N)=O)cc3)ccc2n1. The molecule has 1 heterocycles. The number of hydrogen-bond donors (Lipinski definition) is 2. The van der Waals surface area contributed by atoms with Crippen LogP contribution in [0.25, 0.3) is 22.0 Å². The van der Waals surface area contributed by atoms with Gasteiger partial charge in [-0.05, 0) is 35.4 Å². The number of aryl methyl sites for hydroxylation is 1. The molecule has 2 aromatic carbocycles. The topological polar surface area (TPSA) is 148 Å². The average Bonchev–Trinajstić information content (AvgIpc) is 3.11. The molecule has 9 nitrogen and oxygen atoms in total. The number of carbonyl (C=O) groups excluding carboxylic acids is 2. The normalized spacial score (nSPS) is 12.8. The Bertz CT molecular complexity index is 1350. The van der Waals surface area contributed by atoms with Gasteiger partial charge in [-0.15, -0.1) is 0 Å². The lowest BCUT2D eigenvalue weighted by molar-refractivity contribution is -0.129. The Morgan fingerprint density at radius 1 is 1.18 bits per heavy atom. The highest BCUT2D eigenvalue weighted by Gasteiger charge is 2.35. The summed E-state index contributed by atoms with van der Waals surface area (Å²) < 4.78 is 27.7. The van der Waals surface area contributed by atoms with Crippen molar-refractivity contribution in [3.8, 4) is 17.2 Å². The molecule has 0 aliphatic carbocycles. The van der Waals surface area contributed by atoms with Crippen molar-refractivity contribution in [1.29, 1.82) is 5.26 Å². The van der Waals surface area contributed by atoms with E-state index in [1.165, 1.54) is 26.0 Å². The number of benzene rings is 2. The number of nitrogens with one attached hydrogen (secondary N) is 1. The number of amides is 2. The maximum atomic E-state index is 13.0. The van der Waals surface area contributed by atoms with Crippen molar-refractivity contribution < 1.29 is 18.0 Å². The van der Waals surface area contributed by atoms with E-state index in [1.54, 1.807) is 22.9 Å². The largest absolute Gasteiger partial charge is 0.370 e. The van der Waals surface area contributed by atoms with Crippen LogP contribution in [0, 0.1) is 16.7 Å². The van der Waals surface area contributed by atoms with Crippen LogP contribution >= 0.6 is 0 Å². The predicted molar refractivity (Wildman–Crippen MR) is 123 cm³/mol. The highest BCUT2D eigenvalue weighted by Crippen LogP contribution is 2.27. The number of primary amides is 1. The second-order valence-corrected chi connectivity index (χ2v) is 10.6. The fourth-order valence-corrected chi connectivity index (χ4v) is 5.29. The zero-order valence-corrected chi connectivity index (χ0v) is 19.4. The van der Waals surface area contributed by atoms with E-state index in [1.807, 2.05) is 31.4 Å². The van der Waals surface area contributed by atoms with Crippen molar-refractivity contribution in [3.63, 3.8) is 0 Å². The number of hydrogen-bond acceptors (Lipinski definition) is 6. The van der Waals surface area contributed by atoms with E-state index < -0.39 is 38.9 Å². The first kappa shape index (κ1) is 23.9. The number of nitrogens with zero attached hydrogens (tertiary/aromatic N) is 3. The number of aromatic nitrogens is 2. The lowest BCUT2D eigenvalue weighted by atomic mass is 9.94. The molecular weight excluding hydrogens is 442 g/mol. The van der Waals surface area contributed by atoms with Crippen molar-refractivity contribution in [2.75, 3.05) is 5.75 Å². The average molecular weight is 468 g/mol. The fourth-order valence-electron chi connectivity index (χ4n) is 3.49. The highest BCUT2D eigenvalue weighted by molar-refractivity contribution is 7.91. The van der Waals surface area contributed by atoms with Crippen molar-refractivity contribution >= 4 is 32.6 Å². The fraction of sp³-hybridized carbons (Fsp3) is 0.304. The van der Waals surface area contributed by atoms with Crippen molar-refractivity contribution in [2.45, 2.75) is 31.2 Å². The lowest BCUT2D eigenvalue weighted by Gasteiger charge is -2.24. The van der Waals surface area contributed by atoms with E-state index in [-0.39, 0.29) is 11.3 Å². The molecule has 172 valence electrons. The molecule has 0 bridgehead atoms. The Morgan fingerprint density at radius 2 is 1.82 bits per heavy atom. The van der Waals surface area contributed by atoms with Gasteiger partial charge in [-0.25, -0.2) is 8.42 Å². The Labute approximate surface area is 192 Å². The third-order valence-electron chi connectivity index (χ3n) is 5.20. The molecular formula is C23H25N5O4S. The maximum absolute atomic E-state index is 13.0. The molecule has 0 spiro atoms. The summed E-state index contributed by atoms with van der Waals surface area (Å²) in [5.41, 5.74) is 6.38. The summed E-state index contributed by atoms with van der Waals surface area (Å²) in [5.74, 6) is -1.86. The molecule has 0 radical (unpaired) electrons. The zero-order valence-electron chi connectivity index (χ0n) is 18.6. The first-order valence-electron chi connectivity index (χ1n) is 10.2. The number of nitriles is 1. The minimum absolute atomic E-state index is 0.0866. The summed E-state index contributed by atoms with van der Waals surface area (Å²) in [6.07, 6.45) is 1.56. The molecule has 2 amide bonds. The third-order valence-corrected chi connectivity index (χ3v) is 7.29. The van der Waals surface area contributed by atoms with E-state index in [0.29, 0.717) is 0 Å². The van der Waals surface area contributed by atoms with E-state index in [9.17, 15) is 18.0 Å². The van der Waals surface area contributed by atoms with E-state index in [2.05, 4.69) is 10.4 Å². The standard InChI is InChI=1S/C23H25N5O4S/c1-23(2,22(30)26-18(12-24)11-21(25)29)14-33(31,32)19-7-4-15(5-8-19)16-6-9-20-17(10-16)13-28(3)27-20/h4-10,13,18H,11,14H2,1-3H3,(H2,25,29)(H,26,30)/t18-/m0/s1. The van der Waals surface area contributed by atoms with E-state index >= 15 is 0 Å². The van der Waals surface area contributed by atoms with Gasteiger partial charge in [0.15, 0.2) is 9.84 Å². The van der Waals surface area contributed by atoms with Gasteiger partial charge in [0.2, 0.25) is 11.8 Å². The summed E-state index contributed by atoms with van der Waals surface area (Å²) in [6.45, 7) is 2.94. The van der Waals surface area contributed by atoms with Gasteiger partial charge in [0.25, 0.3) is 0 Å². The maximum Gasteiger partial charge on any atom is 0.227 e. The molecule has 0 saturated heterocycles. The van der Waals surface area contributed by atoms with Gasteiger partial charge < -0.3 is 11.1 Å². The predicted octanol–water partition coefficient (Wildman–Crippen LogP) is 1.92. The molecule has 33 heavy (non-hydrogen) atoms. The Hall–Kier alpha value is -3.71. The van der Waals surface area contributed by atoms with Gasteiger partial charge in [-0.2, -0.15) is 10.4 Å². The second-order valence-electron chi connectivity index (χ2n) is 8.57. The van der Waals surface area contributed by atoms with Crippen LogP contribution in [0.2, 0.25) is 0 Å². The minimum atomic E-state index is -3.81. The molecule has 0 aliphatic heterocycles. The quantitative estimate of drug-likeness (QED) is 0.517. The van der Waals surface area contributed by atoms with Crippen LogP contribution in [0.4, 0.5) is 0 Å². The number of nitrogens with two attached hydrogens (primary N) is 1. The molecule has 1 atom stereocenters. The van der Waals surface area contributed by atoms with Crippen LogP contribution in [0.1, 0.15) is 20.3 Å². The second kappa shape index (κ2) is 9.03. The Balaban J connectivity index is 1.77. The summed E-state index contributed by atoms with van der Waals surface area (Å²) >= 11 is 0. The van der Waals surface area contributed by atoms with Crippen LogP contribution in [0.15, 0.2) is 53.6 Å². The lowest BCUT2D eigenvalue weighted by Crippen LogP contribution is -2.46. The van der Waals surface area contributed by atoms with Crippen molar-refractivity contribution in [2.24, 2.45) is 18.2 Å². The molecule has 1 aromatic heterocycles. The number of rotatable bonds is 8. The minimum Gasteiger partial charge on any atom is -0.370 e. The zero-order chi connectivity index (χ0) is 24.4. The number of sulfone groups is 1.